The van der Waals surface area contributed by atoms with E-state index in [1.807, 2.05) is 0 Å². The monoisotopic (exact) mass is 480 g/mol. The van der Waals surface area contributed by atoms with Gasteiger partial charge in [-0.1, -0.05) is 129 Å². The molecule has 0 unspecified atom stereocenters. The molecule has 1 atom stereocenters. The van der Waals surface area contributed by atoms with Gasteiger partial charge in [0.1, 0.15) is 0 Å². The van der Waals surface area contributed by atoms with E-state index in [0.717, 1.165) is 50.9 Å². The quantitative estimate of drug-likeness (QED) is 0.0761. The van der Waals surface area contributed by atoms with Gasteiger partial charge in [0.15, 0.2) is 0 Å². The summed E-state index contributed by atoms with van der Waals surface area (Å²) >= 11 is 0. The van der Waals surface area contributed by atoms with Crippen LogP contribution in [0.5, 0.6) is 0 Å². The van der Waals surface area contributed by atoms with Crippen molar-refractivity contribution in [3.05, 3.63) is 12.2 Å². The number of aliphatic hydroxyl groups is 1. The molecule has 0 aliphatic heterocycles. The number of aliphatic hydroxyl groups excluding tert-OH is 1. The Morgan fingerprint density at radius 2 is 1.26 bits per heavy atom. The molecule has 0 spiro atoms. The van der Waals surface area contributed by atoms with Crippen molar-refractivity contribution in [1.82, 2.24) is 0 Å². The SMILES string of the molecule is CCCCCC[C@@H](O)CC=CCCCCCCCC(=O)OCCCCCCCCCCC(C)C. The van der Waals surface area contributed by atoms with Gasteiger partial charge >= 0.3 is 5.97 Å². The second kappa shape index (κ2) is 26.8. The van der Waals surface area contributed by atoms with Gasteiger partial charge in [0.25, 0.3) is 0 Å². The Labute approximate surface area is 213 Å². The molecule has 0 amide bonds. The van der Waals surface area contributed by atoms with Crippen LogP contribution in [0.3, 0.4) is 0 Å². The van der Waals surface area contributed by atoms with Gasteiger partial charge in [-0.05, 0) is 44.4 Å². The topological polar surface area (TPSA) is 46.5 Å². The average molecular weight is 481 g/mol. The molecule has 1 N–H and O–H groups in total. The highest BCUT2D eigenvalue weighted by molar-refractivity contribution is 5.69. The summed E-state index contributed by atoms with van der Waals surface area (Å²) in [6.45, 7) is 7.43. The normalized spacial score (nSPS) is 12.6. The number of carbonyl (C=O) groups excluding carboxylic acids is 1. The Bertz CT molecular complexity index is 444. The third-order valence-electron chi connectivity index (χ3n) is 6.66. The van der Waals surface area contributed by atoms with Crippen molar-refractivity contribution in [2.45, 2.75) is 168 Å². The Balaban J connectivity index is 3.29. The molecule has 0 bridgehead atoms. The van der Waals surface area contributed by atoms with Crippen LogP contribution in [0.25, 0.3) is 0 Å². The number of allylic oxidation sites excluding steroid dienone is 1. The molecule has 0 fully saturated rings. The zero-order valence-electron chi connectivity index (χ0n) is 23.3. The molecular weight excluding hydrogens is 420 g/mol. The van der Waals surface area contributed by atoms with Crippen LogP contribution in [-0.2, 0) is 9.53 Å². The Morgan fingerprint density at radius 1 is 0.706 bits per heavy atom. The molecule has 3 nitrogen and oxygen atoms in total. The Morgan fingerprint density at radius 3 is 1.94 bits per heavy atom. The maximum atomic E-state index is 11.8. The molecule has 3 heteroatoms. The van der Waals surface area contributed by atoms with Gasteiger partial charge in [0, 0.05) is 6.42 Å². The van der Waals surface area contributed by atoms with E-state index in [0.29, 0.717) is 13.0 Å². The summed E-state index contributed by atoms with van der Waals surface area (Å²) in [5.41, 5.74) is 0. The first-order chi connectivity index (χ1) is 16.6. The van der Waals surface area contributed by atoms with Crippen molar-refractivity contribution < 1.29 is 14.6 Å². The Hall–Kier alpha value is -0.830. The molecular formula is C31H60O3. The summed E-state index contributed by atoms with van der Waals surface area (Å²) in [5, 5.41) is 9.95. The van der Waals surface area contributed by atoms with E-state index < -0.39 is 0 Å². The van der Waals surface area contributed by atoms with Crippen LogP contribution in [0, 0.1) is 5.92 Å². The minimum atomic E-state index is -0.165. The second-order valence-electron chi connectivity index (χ2n) is 10.7. The zero-order valence-corrected chi connectivity index (χ0v) is 23.3. The van der Waals surface area contributed by atoms with E-state index >= 15 is 0 Å². The summed E-state index contributed by atoms with van der Waals surface area (Å²) in [4.78, 5) is 11.8. The second-order valence-corrected chi connectivity index (χ2v) is 10.7. The lowest BCUT2D eigenvalue weighted by Gasteiger charge is -2.07. The van der Waals surface area contributed by atoms with E-state index in [9.17, 15) is 9.90 Å². The van der Waals surface area contributed by atoms with Crippen molar-refractivity contribution in [2.24, 2.45) is 5.92 Å². The number of esters is 1. The average Bonchev–Trinajstić information content (AvgIpc) is 2.81. The molecule has 202 valence electrons. The van der Waals surface area contributed by atoms with Crippen molar-refractivity contribution >= 4 is 5.97 Å². The molecule has 0 heterocycles. The lowest BCUT2D eigenvalue weighted by molar-refractivity contribution is -0.143. The lowest BCUT2D eigenvalue weighted by atomic mass is 10.0. The van der Waals surface area contributed by atoms with Gasteiger partial charge in [-0.25, -0.2) is 0 Å². The smallest absolute Gasteiger partial charge is 0.305 e. The van der Waals surface area contributed by atoms with Crippen LogP contribution in [0.4, 0.5) is 0 Å². The van der Waals surface area contributed by atoms with Gasteiger partial charge < -0.3 is 9.84 Å². The highest BCUT2D eigenvalue weighted by Gasteiger charge is 2.03. The first-order valence-electron chi connectivity index (χ1n) is 15.0. The highest BCUT2D eigenvalue weighted by atomic mass is 16.5. The van der Waals surface area contributed by atoms with E-state index in [1.54, 1.807) is 0 Å². The lowest BCUT2D eigenvalue weighted by Crippen LogP contribution is -2.05. The van der Waals surface area contributed by atoms with E-state index in [-0.39, 0.29) is 12.1 Å². The molecule has 0 saturated carbocycles. The van der Waals surface area contributed by atoms with Crippen molar-refractivity contribution in [2.75, 3.05) is 6.61 Å². The molecule has 0 aliphatic carbocycles. The van der Waals surface area contributed by atoms with Crippen molar-refractivity contribution in [3.8, 4) is 0 Å². The van der Waals surface area contributed by atoms with E-state index in [2.05, 4.69) is 32.9 Å². The summed E-state index contributed by atoms with van der Waals surface area (Å²) in [5.74, 6) is 0.832. The maximum Gasteiger partial charge on any atom is 0.305 e. The van der Waals surface area contributed by atoms with Crippen LogP contribution in [0.15, 0.2) is 12.2 Å². The van der Waals surface area contributed by atoms with Crippen LogP contribution in [-0.4, -0.2) is 23.8 Å². The number of rotatable bonds is 26. The predicted octanol–water partition coefficient (Wildman–Crippen LogP) is 9.70. The molecule has 0 aromatic carbocycles. The molecule has 0 saturated heterocycles. The first kappa shape index (κ1) is 33.2. The number of unbranched alkanes of at least 4 members (excludes halogenated alkanes) is 15. The maximum absolute atomic E-state index is 11.8. The summed E-state index contributed by atoms with van der Waals surface area (Å²) in [6.07, 6.45) is 29.9. The fraction of sp³-hybridized carbons (Fsp3) is 0.903. The highest BCUT2D eigenvalue weighted by Crippen LogP contribution is 2.13. The molecule has 0 aromatic rings. The van der Waals surface area contributed by atoms with E-state index in [4.69, 9.17) is 4.74 Å². The summed E-state index contributed by atoms with van der Waals surface area (Å²) < 4.78 is 5.38. The van der Waals surface area contributed by atoms with Crippen LogP contribution < -0.4 is 0 Å². The van der Waals surface area contributed by atoms with Gasteiger partial charge in [-0.2, -0.15) is 0 Å². The van der Waals surface area contributed by atoms with Gasteiger partial charge in [-0.3, -0.25) is 4.79 Å². The molecule has 34 heavy (non-hydrogen) atoms. The van der Waals surface area contributed by atoms with Crippen molar-refractivity contribution in [1.29, 1.82) is 0 Å². The van der Waals surface area contributed by atoms with Crippen LogP contribution in [0.1, 0.15) is 162 Å². The molecule has 0 aliphatic rings. The number of ether oxygens (including phenoxy) is 1. The minimum Gasteiger partial charge on any atom is -0.466 e. The summed E-state index contributed by atoms with van der Waals surface area (Å²) in [7, 11) is 0. The first-order valence-corrected chi connectivity index (χ1v) is 15.0. The standard InChI is InChI=1S/C31H60O3/c1-4-5-6-20-25-30(32)26-21-16-12-7-8-13-17-22-27-31(33)34-28-23-18-14-10-9-11-15-19-24-29(2)3/h16,21,29-30,32H,4-15,17-20,22-28H2,1-3H3/t30-/m1/s1. The zero-order chi connectivity index (χ0) is 25.1. The van der Waals surface area contributed by atoms with Crippen LogP contribution >= 0.6 is 0 Å². The van der Waals surface area contributed by atoms with Gasteiger partial charge in [0.05, 0.1) is 12.7 Å². The Kier molecular flexibility index (Phi) is 26.1. The molecule has 0 rings (SSSR count). The number of hydrogen-bond donors (Lipinski definition) is 1. The number of carbonyl (C=O) groups is 1. The fourth-order valence-electron chi connectivity index (χ4n) is 4.33. The largest absolute Gasteiger partial charge is 0.466 e. The minimum absolute atomic E-state index is 0.0127. The number of hydrogen-bond acceptors (Lipinski definition) is 3. The van der Waals surface area contributed by atoms with Gasteiger partial charge in [0.2, 0.25) is 0 Å². The predicted molar refractivity (Wildman–Crippen MR) is 148 cm³/mol. The summed E-state index contributed by atoms with van der Waals surface area (Å²) in [6, 6.07) is 0. The van der Waals surface area contributed by atoms with Crippen molar-refractivity contribution in [3.63, 3.8) is 0 Å². The van der Waals surface area contributed by atoms with E-state index in [1.165, 1.54) is 89.9 Å². The third kappa shape index (κ3) is 27.4. The molecule has 0 radical (unpaired) electrons. The fourth-order valence-corrected chi connectivity index (χ4v) is 4.33. The third-order valence-corrected chi connectivity index (χ3v) is 6.66. The molecule has 0 aromatic heterocycles. The van der Waals surface area contributed by atoms with Gasteiger partial charge in [-0.15, -0.1) is 0 Å². The van der Waals surface area contributed by atoms with Crippen LogP contribution in [0.2, 0.25) is 0 Å².